The zero-order valence-electron chi connectivity index (χ0n) is 18.3. The molecule has 0 N–H and O–H groups in total. The first-order valence-electron chi connectivity index (χ1n) is 11.1. The average Bonchev–Trinajstić information content (AvgIpc) is 3.56. The van der Waals surface area contributed by atoms with Crippen molar-refractivity contribution in [2.45, 2.75) is 38.6 Å². The van der Waals surface area contributed by atoms with Gasteiger partial charge in [-0.2, -0.15) is 5.10 Å². The van der Waals surface area contributed by atoms with Gasteiger partial charge in [0.2, 0.25) is 0 Å². The summed E-state index contributed by atoms with van der Waals surface area (Å²) in [7, 11) is 0. The minimum absolute atomic E-state index is 0.0233. The lowest BCUT2D eigenvalue weighted by Crippen LogP contribution is -2.49. The van der Waals surface area contributed by atoms with Crippen LogP contribution in [0.2, 0.25) is 0 Å². The third-order valence-electron chi connectivity index (χ3n) is 6.29. The molecule has 1 saturated heterocycles. The molecule has 2 fully saturated rings. The van der Waals surface area contributed by atoms with Crippen LogP contribution in [0, 0.1) is 10.1 Å². The van der Waals surface area contributed by atoms with Crippen molar-refractivity contribution in [1.29, 1.82) is 0 Å². The number of benzene rings is 1. The Morgan fingerprint density at radius 1 is 1.16 bits per heavy atom. The third kappa shape index (κ3) is 3.57. The number of piperazine rings is 1. The van der Waals surface area contributed by atoms with Gasteiger partial charge >= 0.3 is 0 Å². The van der Waals surface area contributed by atoms with Crippen molar-refractivity contribution in [2.24, 2.45) is 0 Å². The number of amides is 1. The molecule has 5 rings (SSSR count). The molecule has 9 nitrogen and oxygen atoms in total. The second-order valence-electron chi connectivity index (χ2n) is 8.81. The Morgan fingerprint density at radius 3 is 2.53 bits per heavy atom. The molecule has 1 saturated carbocycles. The maximum Gasteiger partial charge on any atom is 0.292 e. The predicted octanol–water partition coefficient (Wildman–Crippen LogP) is 3.76. The second kappa shape index (κ2) is 7.89. The largest absolute Gasteiger partial charge is 0.362 e. The van der Waals surface area contributed by atoms with Gasteiger partial charge in [-0.05, 0) is 38.8 Å². The maximum atomic E-state index is 13.5. The van der Waals surface area contributed by atoms with Crippen LogP contribution in [-0.4, -0.2) is 56.7 Å². The average molecular weight is 435 g/mol. The van der Waals surface area contributed by atoms with Crippen molar-refractivity contribution in [3.8, 4) is 0 Å². The zero-order valence-corrected chi connectivity index (χ0v) is 18.3. The van der Waals surface area contributed by atoms with E-state index in [4.69, 9.17) is 4.98 Å². The number of carbonyl (C=O) groups excluding carboxylic acids is 1. The number of carbonyl (C=O) groups is 1. The molecule has 0 unspecified atom stereocenters. The highest BCUT2D eigenvalue weighted by Crippen LogP contribution is 2.40. The fourth-order valence-electron chi connectivity index (χ4n) is 4.39. The number of nitro groups is 1. The van der Waals surface area contributed by atoms with Gasteiger partial charge in [0.1, 0.15) is 5.69 Å². The van der Waals surface area contributed by atoms with Crippen LogP contribution in [0.15, 0.2) is 36.5 Å². The molecular weight excluding hydrogens is 408 g/mol. The van der Waals surface area contributed by atoms with Crippen LogP contribution in [0.5, 0.6) is 0 Å². The summed E-state index contributed by atoms with van der Waals surface area (Å²) in [6.45, 7) is 6.22. The fourth-order valence-corrected chi connectivity index (χ4v) is 4.39. The quantitative estimate of drug-likeness (QED) is 0.448. The fraction of sp³-hybridized carbons (Fsp3) is 0.435. The monoisotopic (exact) mass is 434 g/mol. The van der Waals surface area contributed by atoms with E-state index in [-0.39, 0.29) is 22.6 Å². The van der Waals surface area contributed by atoms with E-state index >= 15 is 0 Å². The van der Waals surface area contributed by atoms with Gasteiger partial charge in [-0.3, -0.25) is 14.9 Å². The number of nitrogens with zero attached hydrogens (tertiary/aromatic N) is 6. The lowest BCUT2D eigenvalue weighted by molar-refractivity contribution is -0.384. The van der Waals surface area contributed by atoms with Crippen molar-refractivity contribution in [3.05, 3.63) is 57.9 Å². The first-order chi connectivity index (χ1) is 15.4. The number of aromatic nitrogens is 3. The predicted molar refractivity (Wildman–Crippen MR) is 121 cm³/mol. The Hall–Kier alpha value is -3.49. The summed E-state index contributed by atoms with van der Waals surface area (Å²) in [6, 6.07) is 8.87. The summed E-state index contributed by atoms with van der Waals surface area (Å²) < 4.78 is 1.88. The zero-order chi connectivity index (χ0) is 22.4. The van der Waals surface area contributed by atoms with E-state index in [0.717, 1.165) is 29.6 Å². The lowest BCUT2D eigenvalue weighted by Gasteiger charge is -2.36. The van der Waals surface area contributed by atoms with Crippen LogP contribution >= 0.6 is 0 Å². The summed E-state index contributed by atoms with van der Waals surface area (Å²) in [5, 5.41) is 16.7. The number of rotatable bonds is 5. The van der Waals surface area contributed by atoms with Crippen molar-refractivity contribution in [1.82, 2.24) is 19.7 Å². The van der Waals surface area contributed by atoms with E-state index in [2.05, 4.69) is 18.9 Å². The normalized spacial score (nSPS) is 16.7. The number of hydrogen-bond acceptors (Lipinski definition) is 6. The molecule has 1 aromatic carbocycles. The topological polar surface area (TPSA) is 97.4 Å². The van der Waals surface area contributed by atoms with Gasteiger partial charge in [0.05, 0.1) is 22.1 Å². The van der Waals surface area contributed by atoms with Crippen molar-refractivity contribution >= 4 is 28.3 Å². The van der Waals surface area contributed by atoms with Gasteiger partial charge in [-0.1, -0.05) is 12.1 Å². The molecule has 32 heavy (non-hydrogen) atoms. The standard InChI is InChI=1S/C23H26N6O3/c1-15(2)28-22-18(14-24-28)17(13-19(25-22)16-7-8-16)23(30)27-11-9-26(10-12-27)20-5-3-4-6-21(20)29(31)32/h3-6,13-16H,7-12H2,1-2H3. The number of pyridine rings is 1. The van der Waals surface area contributed by atoms with Crippen LogP contribution in [0.25, 0.3) is 11.0 Å². The lowest BCUT2D eigenvalue weighted by atomic mass is 10.1. The molecule has 0 atom stereocenters. The van der Waals surface area contributed by atoms with E-state index < -0.39 is 0 Å². The molecule has 1 aliphatic carbocycles. The van der Waals surface area contributed by atoms with Crippen LogP contribution < -0.4 is 4.90 Å². The Kier molecular flexibility index (Phi) is 5.03. The number of hydrogen-bond donors (Lipinski definition) is 0. The molecule has 1 amide bonds. The van der Waals surface area contributed by atoms with Gasteiger partial charge in [0, 0.05) is 49.9 Å². The summed E-state index contributed by atoms with van der Waals surface area (Å²) in [6.07, 6.45) is 3.96. The molecule has 9 heteroatoms. The number of anilines is 1. The molecule has 1 aliphatic heterocycles. The van der Waals surface area contributed by atoms with E-state index in [1.807, 2.05) is 20.5 Å². The van der Waals surface area contributed by atoms with Gasteiger partial charge in [0.15, 0.2) is 5.65 Å². The SMILES string of the molecule is CC(C)n1ncc2c(C(=O)N3CCN(c4ccccc4[N+](=O)[O-])CC3)cc(C3CC3)nc21. The maximum absolute atomic E-state index is 13.5. The summed E-state index contributed by atoms with van der Waals surface area (Å²) in [4.78, 5) is 33.2. The second-order valence-corrected chi connectivity index (χ2v) is 8.81. The molecule has 0 bridgehead atoms. The van der Waals surface area contributed by atoms with Gasteiger partial charge < -0.3 is 9.80 Å². The van der Waals surface area contributed by atoms with E-state index in [1.54, 1.807) is 24.4 Å². The first kappa shape index (κ1) is 20.4. The molecule has 3 heterocycles. The van der Waals surface area contributed by atoms with Crippen molar-refractivity contribution in [2.75, 3.05) is 31.1 Å². The third-order valence-corrected chi connectivity index (χ3v) is 6.29. The Balaban J connectivity index is 1.41. The first-order valence-corrected chi connectivity index (χ1v) is 11.1. The van der Waals surface area contributed by atoms with Gasteiger partial charge in [0.25, 0.3) is 11.6 Å². The van der Waals surface area contributed by atoms with E-state index in [9.17, 15) is 14.9 Å². The minimum atomic E-state index is -0.355. The number of fused-ring (bicyclic) bond motifs is 1. The van der Waals surface area contributed by atoms with Gasteiger partial charge in [-0.15, -0.1) is 0 Å². The molecule has 0 spiro atoms. The summed E-state index contributed by atoms with van der Waals surface area (Å²) >= 11 is 0. The highest BCUT2D eigenvalue weighted by Gasteiger charge is 2.31. The van der Waals surface area contributed by atoms with Crippen molar-refractivity contribution in [3.63, 3.8) is 0 Å². The molecule has 3 aromatic rings. The number of para-hydroxylation sites is 2. The Morgan fingerprint density at radius 2 is 1.88 bits per heavy atom. The highest BCUT2D eigenvalue weighted by atomic mass is 16.6. The highest BCUT2D eigenvalue weighted by molar-refractivity contribution is 6.05. The minimum Gasteiger partial charge on any atom is -0.362 e. The van der Waals surface area contributed by atoms with Crippen LogP contribution in [0.3, 0.4) is 0 Å². The smallest absolute Gasteiger partial charge is 0.292 e. The van der Waals surface area contributed by atoms with Crippen molar-refractivity contribution < 1.29 is 9.72 Å². The summed E-state index contributed by atoms with van der Waals surface area (Å²) in [5.74, 6) is 0.404. The van der Waals surface area contributed by atoms with E-state index in [0.29, 0.717) is 43.3 Å². The van der Waals surface area contributed by atoms with E-state index in [1.165, 1.54) is 6.07 Å². The Bertz CT molecular complexity index is 1190. The summed E-state index contributed by atoms with van der Waals surface area (Å²) in [5.41, 5.74) is 3.10. The molecule has 166 valence electrons. The van der Waals surface area contributed by atoms with Gasteiger partial charge in [-0.25, -0.2) is 9.67 Å². The Labute approximate surface area is 185 Å². The molecule has 2 aliphatic rings. The molecule has 0 radical (unpaired) electrons. The van der Waals surface area contributed by atoms with Crippen LogP contribution in [-0.2, 0) is 0 Å². The molecular formula is C23H26N6O3. The number of nitro benzene ring substituents is 1. The van der Waals surface area contributed by atoms with Crippen LogP contribution in [0.1, 0.15) is 54.7 Å². The van der Waals surface area contributed by atoms with Crippen LogP contribution in [0.4, 0.5) is 11.4 Å². The molecule has 2 aromatic heterocycles.